The van der Waals surface area contributed by atoms with Crippen LogP contribution in [0.15, 0.2) is 271 Å². The molecule has 1 aliphatic carbocycles. The van der Waals surface area contributed by atoms with Crippen LogP contribution in [-0.4, -0.2) is 4.57 Å². The van der Waals surface area contributed by atoms with Crippen molar-refractivity contribution in [3.05, 3.63) is 289 Å². The van der Waals surface area contributed by atoms with Crippen LogP contribution in [0.4, 0.5) is 17.1 Å². The third kappa shape index (κ3) is 6.08. The molecule has 0 saturated carbocycles. The van der Waals surface area contributed by atoms with Gasteiger partial charge in [0.05, 0.1) is 16.4 Å². The molecule has 2 aromatic heterocycles. The minimum absolute atomic E-state index is 0.525. The van der Waals surface area contributed by atoms with Crippen LogP contribution in [0.3, 0.4) is 0 Å². The maximum Gasteiger partial charge on any atom is 0.143 e. The number of fused-ring (bicyclic) bond motifs is 9. The first-order chi connectivity index (χ1) is 34.7. The predicted octanol–water partition coefficient (Wildman–Crippen LogP) is 17.8. The van der Waals surface area contributed by atoms with Crippen molar-refractivity contribution in [3.8, 4) is 39.1 Å². The van der Waals surface area contributed by atoms with Gasteiger partial charge in [-0.3, -0.25) is 0 Å². The Morgan fingerprint density at radius 1 is 0.329 bits per heavy atom. The summed E-state index contributed by atoms with van der Waals surface area (Å²) in [5, 5.41) is 4.63. The van der Waals surface area contributed by atoms with Gasteiger partial charge in [-0.15, -0.1) is 0 Å². The highest BCUT2D eigenvalue weighted by Gasteiger charge is 2.46. The lowest BCUT2D eigenvalue weighted by molar-refractivity contribution is 0.670. The van der Waals surface area contributed by atoms with Crippen molar-refractivity contribution < 1.29 is 4.42 Å². The van der Waals surface area contributed by atoms with Gasteiger partial charge in [-0.05, 0) is 123 Å². The minimum Gasteiger partial charge on any atom is -0.455 e. The Bertz CT molecular complexity index is 4050. The molecule has 14 rings (SSSR count). The zero-order valence-corrected chi connectivity index (χ0v) is 38.2. The Morgan fingerprint density at radius 2 is 0.843 bits per heavy atom. The van der Waals surface area contributed by atoms with E-state index in [1.54, 1.807) is 0 Å². The Morgan fingerprint density at radius 3 is 1.54 bits per heavy atom. The first-order valence-electron chi connectivity index (χ1n) is 24.1. The van der Waals surface area contributed by atoms with Crippen LogP contribution in [0.25, 0.3) is 82.8 Å². The summed E-state index contributed by atoms with van der Waals surface area (Å²) < 4.78 is 8.93. The van der Waals surface area contributed by atoms with Gasteiger partial charge in [-0.1, -0.05) is 194 Å². The summed E-state index contributed by atoms with van der Waals surface area (Å²) in [5.41, 5.74) is 20.1. The lowest BCUT2D eigenvalue weighted by Gasteiger charge is -2.34. The van der Waals surface area contributed by atoms with E-state index in [0.717, 1.165) is 66.8 Å². The van der Waals surface area contributed by atoms with Gasteiger partial charge in [0.25, 0.3) is 0 Å². The Labute approximate surface area is 406 Å². The highest BCUT2D eigenvalue weighted by Crippen LogP contribution is 2.56. The van der Waals surface area contributed by atoms with E-state index in [0.29, 0.717) is 0 Å². The van der Waals surface area contributed by atoms with Crippen molar-refractivity contribution in [1.29, 1.82) is 0 Å². The smallest absolute Gasteiger partial charge is 0.143 e. The van der Waals surface area contributed by atoms with Crippen molar-refractivity contribution in [1.82, 2.24) is 4.57 Å². The third-order valence-electron chi connectivity index (χ3n) is 14.7. The van der Waals surface area contributed by atoms with Gasteiger partial charge in [0.15, 0.2) is 0 Å². The molecule has 3 heteroatoms. The summed E-state index contributed by atoms with van der Waals surface area (Å²) in [6.07, 6.45) is 0. The molecule has 0 aliphatic heterocycles. The topological polar surface area (TPSA) is 21.3 Å². The van der Waals surface area contributed by atoms with Crippen LogP contribution >= 0.6 is 0 Å². The molecule has 1 aliphatic rings. The summed E-state index contributed by atoms with van der Waals surface area (Å²) in [7, 11) is 0. The van der Waals surface area contributed by atoms with Crippen LogP contribution in [0, 0.1) is 0 Å². The second kappa shape index (κ2) is 16.0. The second-order valence-corrected chi connectivity index (χ2v) is 18.4. The molecular weight excluding hydrogens is 849 g/mol. The van der Waals surface area contributed by atoms with E-state index in [2.05, 4.69) is 264 Å². The SMILES string of the molecule is c1ccc(-c2ccc(N(c3ccc(-c4cccc5c4oc4ccccc45)cc3)c3ccc4c(c3)c3cc(C5(c6ccccc6)c6ccccc6-c6ccccc65)ccc3n4-c3ccccc3)cc2)cc1. The Kier molecular flexibility index (Phi) is 9.11. The summed E-state index contributed by atoms with van der Waals surface area (Å²) in [6.45, 7) is 0. The van der Waals surface area contributed by atoms with E-state index in [4.69, 9.17) is 4.42 Å². The van der Waals surface area contributed by atoms with Crippen LogP contribution in [0.5, 0.6) is 0 Å². The van der Waals surface area contributed by atoms with Crippen LogP contribution < -0.4 is 4.90 Å². The van der Waals surface area contributed by atoms with Gasteiger partial charge < -0.3 is 13.9 Å². The molecule has 0 radical (unpaired) electrons. The summed E-state index contributed by atoms with van der Waals surface area (Å²) in [5.74, 6) is 0. The summed E-state index contributed by atoms with van der Waals surface area (Å²) in [6, 6.07) is 97.3. The van der Waals surface area contributed by atoms with E-state index in [1.165, 1.54) is 55.3 Å². The number of benzene rings is 11. The summed E-state index contributed by atoms with van der Waals surface area (Å²) in [4.78, 5) is 2.39. The lowest BCUT2D eigenvalue weighted by Crippen LogP contribution is -2.28. The molecule has 70 heavy (non-hydrogen) atoms. The fourth-order valence-corrected chi connectivity index (χ4v) is 11.6. The number of hydrogen-bond donors (Lipinski definition) is 0. The summed E-state index contributed by atoms with van der Waals surface area (Å²) >= 11 is 0. The minimum atomic E-state index is -0.525. The molecule has 13 aromatic rings. The fourth-order valence-electron chi connectivity index (χ4n) is 11.6. The normalized spacial score (nSPS) is 12.7. The molecular formula is C67H44N2O. The molecule has 0 saturated heterocycles. The van der Waals surface area contributed by atoms with E-state index in [-0.39, 0.29) is 0 Å². The van der Waals surface area contributed by atoms with Crippen molar-refractivity contribution >= 4 is 60.8 Å². The molecule has 328 valence electrons. The molecule has 0 spiro atoms. The Hall–Kier alpha value is -9.18. The van der Waals surface area contributed by atoms with Crippen molar-refractivity contribution in [2.24, 2.45) is 0 Å². The molecule has 0 fully saturated rings. The highest BCUT2D eigenvalue weighted by atomic mass is 16.3. The number of para-hydroxylation sites is 3. The molecule has 2 heterocycles. The molecule has 3 nitrogen and oxygen atoms in total. The highest BCUT2D eigenvalue weighted by molar-refractivity contribution is 6.12. The van der Waals surface area contributed by atoms with E-state index in [1.807, 2.05) is 12.1 Å². The third-order valence-corrected chi connectivity index (χ3v) is 14.7. The average molecular weight is 893 g/mol. The molecule has 0 bridgehead atoms. The number of nitrogens with zero attached hydrogens (tertiary/aromatic N) is 2. The molecule has 0 unspecified atom stereocenters. The van der Waals surface area contributed by atoms with E-state index >= 15 is 0 Å². The maximum atomic E-state index is 6.51. The van der Waals surface area contributed by atoms with Crippen molar-refractivity contribution in [3.63, 3.8) is 0 Å². The lowest BCUT2D eigenvalue weighted by atomic mass is 9.67. The van der Waals surface area contributed by atoms with Crippen LogP contribution in [-0.2, 0) is 5.41 Å². The number of furan rings is 1. The Balaban J connectivity index is 0.985. The zero-order chi connectivity index (χ0) is 46.2. The first kappa shape index (κ1) is 39.9. The molecule has 11 aromatic carbocycles. The fraction of sp³-hybridized carbons (Fsp3) is 0.0149. The van der Waals surface area contributed by atoms with Gasteiger partial charge in [-0.2, -0.15) is 0 Å². The van der Waals surface area contributed by atoms with E-state index < -0.39 is 5.41 Å². The van der Waals surface area contributed by atoms with Gasteiger partial charge in [0.2, 0.25) is 0 Å². The quantitative estimate of drug-likeness (QED) is 0.152. The van der Waals surface area contributed by atoms with Crippen molar-refractivity contribution in [2.45, 2.75) is 5.41 Å². The maximum absolute atomic E-state index is 6.51. The monoisotopic (exact) mass is 892 g/mol. The standard InChI is InChI=1S/C67H44N2O/c1-4-17-45(18-5-1)46-31-36-51(37-32-46)68(52-38-33-47(34-39-52)54-26-16-27-58-57-25-12-15-30-65(57)70-66(54)58)53-40-42-64-60(44-53)59-43-49(35-41-63(59)69(64)50-21-8-3-9-22-50)67(48-19-6-2-7-20-48)61-28-13-10-23-55(61)56-24-11-14-29-62(56)67/h1-44H. The van der Waals surface area contributed by atoms with Crippen LogP contribution in [0.2, 0.25) is 0 Å². The number of hydrogen-bond acceptors (Lipinski definition) is 2. The van der Waals surface area contributed by atoms with Gasteiger partial charge in [-0.25, -0.2) is 0 Å². The second-order valence-electron chi connectivity index (χ2n) is 18.4. The molecule has 0 N–H and O–H groups in total. The molecule has 0 atom stereocenters. The van der Waals surface area contributed by atoms with Gasteiger partial charge in [0, 0.05) is 49.9 Å². The van der Waals surface area contributed by atoms with E-state index in [9.17, 15) is 0 Å². The predicted molar refractivity (Wildman–Crippen MR) is 291 cm³/mol. The number of aromatic nitrogens is 1. The zero-order valence-electron chi connectivity index (χ0n) is 38.2. The first-order valence-corrected chi connectivity index (χ1v) is 24.1. The molecule has 0 amide bonds. The van der Waals surface area contributed by atoms with Gasteiger partial charge in [0.1, 0.15) is 11.2 Å². The number of rotatable bonds is 8. The average Bonchev–Trinajstić information content (AvgIpc) is 4.08. The van der Waals surface area contributed by atoms with Crippen LogP contribution in [0.1, 0.15) is 22.3 Å². The number of anilines is 3. The largest absolute Gasteiger partial charge is 0.455 e. The van der Waals surface area contributed by atoms with Crippen molar-refractivity contribution in [2.75, 3.05) is 4.90 Å². The van der Waals surface area contributed by atoms with Gasteiger partial charge >= 0.3 is 0 Å².